The van der Waals surface area contributed by atoms with Crippen LogP contribution in [0.25, 0.3) is 11.5 Å². The molecule has 1 heterocycles. The maximum atomic E-state index is 13.2. The van der Waals surface area contributed by atoms with Crippen molar-refractivity contribution in [1.29, 1.82) is 0 Å². The van der Waals surface area contributed by atoms with E-state index in [1.54, 1.807) is 42.5 Å². The van der Waals surface area contributed by atoms with E-state index in [0.717, 1.165) is 11.8 Å². The molecule has 4 rings (SSSR count). The molecule has 0 spiro atoms. The molecule has 3 aromatic carbocycles. The summed E-state index contributed by atoms with van der Waals surface area (Å²) in [4.78, 5) is 16.7. The molecule has 0 aliphatic heterocycles. The summed E-state index contributed by atoms with van der Waals surface area (Å²) in [6.45, 7) is 0. The van der Waals surface area contributed by atoms with Crippen LogP contribution in [-0.4, -0.2) is 25.1 Å². The standard InChI is InChI=1S/C23H17FN2O4S2/c24-17-11-13-18(14-12-17)25-20(27)15-31-23-22(32(28,29)19-9-5-2-6-10-19)26-21(30-23)16-7-3-1-4-8-16/h1-14H,15H2,(H,25,27). The Bertz CT molecular complexity index is 1320. The normalized spacial score (nSPS) is 11.3. The molecule has 0 radical (unpaired) electrons. The average molecular weight is 469 g/mol. The summed E-state index contributed by atoms with van der Waals surface area (Å²) < 4.78 is 45.2. The Morgan fingerprint density at radius 3 is 2.22 bits per heavy atom. The highest BCUT2D eigenvalue weighted by Crippen LogP contribution is 2.34. The van der Waals surface area contributed by atoms with Crippen LogP contribution in [0.4, 0.5) is 10.1 Å². The Morgan fingerprint density at radius 1 is 0.938 bits per heavy atom. The zero-order chi connectivity index (χ0) is 22.6. The van der Waals surface area contributed by atoms with Gasteiger partial charge >= 0.3 is 0 Å². The molecule has 0 atom stereocenters. The average Bonchev–Trinajstić information content (AvgIpc) is 3.26. The number of aromatic nitrogens is 1. The fourth-order valence-electron chi connectivity index (χ4n) is 2.83. The first-order valence-corrected chi connectivity index (χ1v) is 11.9. The van der Waals surface area contributed by atoms with Crippen molar-refractivity contribution in [3.63, 3.8) is 0 Å². The second kappa shape index (κ2) is 9.37. The molecule has 4 aromatic rings. The van der Waals surface area contributed by atoms with Gasteiger partial charge in [0.25, 0.3) is 0 Å². The summed E-state index contributed by atoms with van der Waals surface area (Å²) in [6.07, 6.45) is 0. The molecule has 0 saturated heterocycles. The SMILES string of the molecule is O=C(CSc1oc(-c2ccccc2)nc1S(=O)(=O)c1ccccc1)Nc1ccc(F)cc1. The Morgan fingerprint density at radius 2 is 1.56 bits per heavy atom. The molecule has 0 aliphatic rings. The number of benzene rings is 3. The summed E-state index contributed by atoms with van der Waals surface area (Å²) in [7, 11) is -3.97. The third kappa shape index (κ3) is 4.90. The Hall–Kier alpha value is -3.43. The van der Waals surface area contributed by atoms with Crippen LogP contribution in [-0.2, 0) is 14.6 Å². The predicted octanol–water partition coefficient (Wildman–Crippen LogP) is 5.04. The van der Waals surface area contributed by atoms with Gasteiger partial charge < -0.3 is 9.73 Å². The lowest BCUT2D eigenvalue weighted by Crippen LogP contribution is -2.14. The highest BCUT2D eigenvalue weighted by molar-refractivity contribution is 8.00. The quantitative estimate of drug-likeness (QED) is 0.382. The van der Waals surface area contributed by atoms with E-state index in [1.165, 1.54) is 36.4 Å². The second-order valence-electron chi connectivity index (χ2n) is 6.64. The van der Waals surface area contributed by atoms with Crippen LogP contribution in [0.2, 0.25) is 0 Å². The molecule has 1 aromatic heterocycles. The smallest absolute Gasteiger partial charge is 0.234 e. The van der Waals surface area contributed by atoms with Gasteiger partial charge in [-0.2, -0.15) is 4.98 Å². The summed E-state index contributed by atoms with van der Waals surface area (Å²) in [6, 6.07) is 22.1. The molecule has 6 nitrogen and oxygen atoms in total. The number of nitrogens with one attached hydrogen (secondary N) is 1. The van der Waals surface area contributed by atoms with Crippen LogP contribution in [0.15, 0.2) is 104 Å². The fraction of sp³-hybridized carbons (Fsp3) is 0.0435. The number of sulfone groups is 1. The van der Waals surface area contributed by atoms with Crippen molar-refractivity contribution in [2.45, 2.75) is 15.0 Å². The Kier molecular flexibility index (Phi) is 6.38. The van der Waals surface area contributed by atoms with Gasteiger partial charge in [-0.1, -0.05) is 48.2 Å². The van der Waals surface area contributed by atoms with E-state index < -0.39 is 21.6 Å². The number of anilines is 1. The van der Waals surface area contributed by atoms with E-state index in [-0.39, 0.29) is 26.7 Å². The zero-order valence-electron chi connectivity index (χ0n) is 16.6. The lowest BCUT2D eigenvalue weighted by atomic mass is 10.2. The van der Waals surface area contributed by atoms with Gasteiger partial charge in [-0.15, -0.1) is 0 Å². The number of nitrogens with zero attached hydrogens (tertiary/aromatic N) is 1. The minimum atomic E-state index is -3.97. The van der Waals surface area contributed by atoms with Crippen LogP contribution in [0.5, 0.6) is 0 Å². The minimum Gasteiger partial charge on any atom is -0.428 e. The molecule has 0 aliphatic carbocycles. The van der Waals surface area contributed by atoms with Crippen molar-refractivity contribution in [3.8, 4) is 11.5 Å². The number of amides is 1. The third-order valence-electron chi connectivity index (χ3n) is 4.36. The zero-order valence-corrected chi connectivity index (χ0v) is 18.2. The van der Waals surface area contributed by atoms with Gasteiger partial charge in [0, 0.05) is 11.3 Å². The van der Waals surface area contributed by atoms with Gasteiger partial charge in [-0.3, -0.25) is 4.79 Å². The number of hydrogen-bond acceptors (Lipinski definition) is 6. The van der Waals surface area contributed by atoms with Gasteiger partial charge in [0.2, 0.25) is 31.8 Å². The molecule has 0 fully saturated rings. The van der Waals surface area contributed by atoms with E-state index in [0.29, 0.717) is 11.3 Å². The number of carbonyl (C=O) groups excluding carboxylic acids is 1. The summed E-state index contributed by atoms with van der Waals surface area (Å²) in [5.41, 5.74) is 1.04. The van der Waals surface area contributed by atoms with Crippen LogP contribution in [0, 0.1) is 5.82 Å². The van der Waals surface area contributed by atoms with Crippen molar-refractivity contribution in [1.82, 2.24) is 4.98 Å². The van der Waals surface area contributed by atoms with Crippen molar-refractivity contribution >= 4 is 33.2 Å². The summed E-state index contributed by atoms with van der Waals surface area (Å²) in [5, 5.41) is 2.40. The molecule has 1 amide bonds. The van der Waals surface area contributed by atoms with E-state index in [1.807, 2.05) is 6.07 Å². The molecular weight excluding hydrogens is 451 g/mol. The highest BCUT2D eigenvalue weighted by Gasteiger charge is 2.29. The number of carbonyl (C=O) groups is 1. The van der Waals surface area contributed by atoms with Gasteiger partial charge in [-0.05, 0) is 48.5 Å². The molecule has 0 unspecified atom stereocenters. The lowest BCUT2D eigenvalue weighted by Gasteiger charge is -2.05. The number of thioether (sulfide) groups is 1. The monoisotopic (exact) mass is 468 g/mol. The first kappa shape index (κ1) is 21.8. The Labute approximate surface area is 188 Å². The molecule has 1 N–H and O–H groups in total. The van der Waals surface area contributed by atoms with E-state index >= 15 is 0 Å². The van der Waals surface area contributed by atoms with Crippen molar-refractivity contribution in [2.75, 3.05) is 11.1 Å². The Balaban J connectivity index is 1.62. The van der Waals surface area contributed by atoms with Crippen LogP contribution < -0.4 is 5.32 Å². The van der Waals surface area contributed by atoms with E-state index in [2.05, 4.69) is 10.3 Å². The molecule has 32 heavy (non-hydrogen) atoms. The first-order chi connectivity index (χ1) is 15.4. The van der Waals surface area contributed by atoms with Crippen molar-refractivity contribution < 1.29 is 22.0 Å². The minimum absolute atomic E-state index is 0.0157. The van der Waals surface area contributed by atoms with Crippen LogP contribution in [0.1, 0.15) is 0 Å². The van der Waals surface area contributed by atoms with Gasteiger partial charge in [-0.25, -0.2) is 12.8 Å². The van der Waals surface area contributed by atoms with E-state index in [9.17, 15) is 17.6 Å². The fourth-order valence-corrected chi connectivity index (χ4v) is 5.18. The van der Waals surface area contributed by atoms with Crippen LogP contribution >= 0.6 is 11.8 Å². The lowest BCUT2D eigenvalue weighted by molar-refractivity contribution is -0.113. The molecule has 9 heteroatoms. The van der Waals surface area contributed by atoms with Crippen LogP contribution in [0.3, 0.4) is 0 Å². The van der Waals surface area contributed by atoms with Gasteiger partial charge in [0.05, 0.1) is 10.6 Å². The largest absolute Gasteiger partial charge is 0.428 e. The number of oxazole rings is 1. The van der Waals surface area contributed by atoms with E-state index in [4.69, 9.17) is 4.42 Å². The van der Waals surface area contributed by atoms with Crippen molar-refractivity contribution in [3.05, 3.63) is 90.7 Å². The topological polar surface area (TPSA) is 89.3 Å². The maximum Gasteiger partial charge on any atom is 0.234 e. The van der Waals surface area contributed by atoms with Crippen molar-refractivity contribution in [2.24, 2.45) is 0 Å². The highest BCUT2D eigenvalue weighted by atomic mass is 32.2. The number of hydrogen-bond donors (Lipinski definition) is 1. The number of halogens is 1. The molecular formula is C23H17FN2O4S2. The molecule has 0 saturated carbocycles. The van der Waals surface area contributed by atoms with Gasteiger partial charge in [0.1, 0.15) is 5.82 Å². The first-order valence-electron chi connectivity index (χ1n) is 9.48. The summed E-state index contributed by atoms with van der Waals surface area (Å²) >= 11 is 0.920. The molecule has 162 valence electrons. The second-order valence-corrected chi connectivity index (χ2v) is 9.45. The predicted molar refractivity (Wildman–Crippen MR) is 120 cm³/mol. The molecule has 0 bridgehead atoms. The van der Waals surface area contributed by atoms with Gasteiger partial charge in [0.15, 0.2) is 0 Å². The number of rotatable bonds is 7. The summed E-state index contributed by atoms with van der Waals surface area (Å²) in [5.74, 6) is -0.801. The maximum absolute atomic E-state index is 13.2. The third-order valence-corrected chi connectivity index (χ3v) is 7.11.